The van der Waals surface area contributed by atoms with Crippen LogP contribution in [-0.2, 0) is 16.0 Å². The van der Waals surface area contributed by atoms with E-state index in [9.17, 15) is 9.59 Å². The maximum Gasteiger partial charge on any atom is 0.140 e. The number of ketones is 2. The van der Waals surface area contributed by atoms with E-state index < -0.39 is 5.92 Å². The third-order valence-electron chi connectivity index (χ3n) is 2.56. The molecule has 0 aliphatic rings. The fourth-order valence-electron chi connectivity index (χ4n) is 1.61. The van der Waals surface area contributed by atoms with Crippen LogP contribution in [0.25, 0.3) is 0 Å². The predicted molar refractivity (Wildman–Crippen MR) is 61.6 cm³/mol. The lowest BCUT2D eigenvalue weighted by atomic mass is 9.92. The molecule has 0 saturated carbocycles. The summed E-state index contributed by atoms with van der Waals surface area (Å²) in [6.45, 7) is 2.90. The van der Waals surface area contributed by atoms with E-state index in [2.05, 4.69) is 0 Å². The lowest BCUT2D eigenvalue weighted by Crippen LogP contribution is -2.21. The van der Waals surface area contributed by atoms with Crippen LogP contribution in [0.4, 0.5) is 0 Å². The normalized spacial score (nSPS) is 10.2. The predicted octanol–water partition coefficient (Wildman–Crippen LogP) is 2.03. The van der Waals surface area contributed by atoms with Crippen molar-refractivity contribution in [2.75, 3.05) is 7.11 Å². The zero-order valence-electron chi connectivity index (χ0n) is 9.82. The van der Waals surface area contributed by atoms with Crippen LogP contribution >= 0.6 is 0 Å². The molecular formula is C13H16O3. The van der Waals surface area contributed by atoms with Crippen molar-refractivity contribution in [3.8, 4) is 5.75 Å². The van der Waals surface area contributed by atoms with Crippen molar-refractivity contribution in [2.24, 2.45) is 5.92 Å². The second-order valence-electron chi connectivity index (χ2n) is 3.83. The molecule has 0 fully saturated rings. The van der Waals surface area contributed by atoms with Crippen molar-refractivity contribution in [1.82, 2.24) is 0 Å². The molecule has 3 nitrogen and oxygen atoms in total. The van der Waals surface area contributed by atoms with Crippen LogP contribution in [0.1, 0.15) is 19.4 Å². The summed E-state index contributed by atoms with van der Waals surface area (Å²) in [5.41, 5.74) is 0.940. The Morgan fingerprint density at radius 2 is 1.88 bits per heavy atom. The number of carbonyl (C=O) groups excluding carboxylic acids is 2. The Balaban J connectivity index is 2.85. The second-order valence-corrected chi connectivity index (χ2v) is 3.83. The van der Waals surface area contributed by atoms with Gasteiger partial charge in [0.15, 0.2) is 0 Å². The van der Waals surface area contributed by atoms with Gasteiger partial charge in [-0.1, -0.05) is 12.1 Å². The molecule has 3 heteroatoms. The first-order valence-electron chi connectivity index (χ1n) is 5.18. The molecule has 1 aromatic rings. The SMILES string of the molecule is COc1cccc(CC(C(C)=O)C(C)=O)c1. The summed E-state index contributed by atoms with van der Waals surface area (Å²) in [6.07, 6.45) is 0.446. The molecule has 0 saturated heterocycles. The van der Waals surface area contributed by atoms with E-state index in [1.807, 2.05) is 24.3 Å². The van der Waals surface area contributed by atoms with E-state index in [0.717, 1.165) is 11.3 Å². The summed E-state index contributed by atoms with van der Waals surface area (Å²) in [5, 5.41) is 0. The smallest absolute Gasteiger partial charge is 0.140 e. The molecule has 0 amide bonds. The Bertz CT molecular complexity index is 382. The molecule has 0 unspecified atom stereocenters. The minimum absolute atomic E-state index is 0.0877. The highest BCUT2D eigenvalue weighted by Crippen LogP contribution is 2.17. The number of hydrogen-bond acceptors (Lipinski definition) is 3. The molecule has 0 aromatic heterocycles. The highest BCUT2D eigenvalue weighted by atomic mass is 16.5. The van der Waals surface area contributed by atoms with Gasteiger partial charge in [0.2, 0.25) is 0 Å². The molecule has 0 heterocycles. The Morgan fingerprint density at radius 1 is 1.25 bits per heavy atom. The molecule has 0 atom stereocenters. The van der Waals surface area contributed by atoms with Gasteiger partial charge in [-0.15, -0.1) is 0 Å². The van der Waals surface area contributed by atoms with Gasteiger partial charge in [-0.2, -0.15) is 0 Å². The van der Waals surface area contributed by atoms with Crippen molar-refractivity contribution >= 4 is 11.6 Å². The average Bonchev–Trinajstić information content (AvgIpc) is 2.25. The van der Waals surface area contributed by atoms with Gasteiger partial charge >= 0.3 is 0 Å². The van der Waals surface area contributed by atoms with Crippen molar-refractivity contribution in [3.63, 3.8) is 0 Å². The average molecular weight is 220 g/mol. The summed E-state index contributed by atoms with van der Waals surface area (Å²) in [4.78, 5) is 22.6. The molecule has 0 spiro atoms. The van der Waals surface area contributed by atoms with E-state index >= 15 is 0 Å². The minimum Gasteiger partial charge on any atom is -0.497 e. The monoisotopic (exact) mass is 220 g/mol. The summed E-state index contributed by atoms with van der Waals surface area (Å²) in [5.74, 6) is 0.0288. The molecule has 0 bridgehead atoms. The number of Topliss-reactive ketones (excluding diaryl/α,β-unsaturated/α-hetero) is 2. The van der Waals surface area contributed by atoms with Crippen LogP contribution in [0.2, 0.25) is 0 Å². The zero-order chi connectivity index (χ0) is 12.1. The van der Waals surface area contributed by atoms with Crippen molar-refractivity contribution in [2.45, 2.75) is 20.3 Å². The molecule has 0 aliphatic carbocycles. The molecule has 16 heavy (non-hydrogen) atoms. The van der Waals surface area contributed by atoms with Crippen molar-refractivity contribution in [3.05, 3.63) is 29.8 Å². The Hall–Kier alpha value is -1.64. The molecule has 0 aliphatic heterocycles. The van der Waals surface area contributed by atoms with E-state index in [4.69, 9.17) is 4.74 Å². The Labute approximate surface area is 95.4 Å². The highest BCUT2D eigenvalue weighted by molar-refractivity contribution is 6.00. The van der Waals surface area contributed by atoms with Crippen LogP contribution in [0.3, 0.4) is 0 Å². The number of hydrogen-bond donors (Lipinski definition) is 0. The Kier molecular flexibility index (Phi) is 4.23. The van der Waals surface area contributed by atoms with E-state index in [1.165, 1.54) is 13.8 Å². The van der Waals surface area contributed by atoms with Gasteiger partial charge in [0.25, 0.3) is 0 Å². The maximum atomic E-state index is 11.3. The number of carbonyl (C=O) groups is 2. The lowest BCUT2D eigenvalue weighted by Gasteiger charge is -2.10. The summed E-state index contributed by atoms with van der Waals surface area (Å²) < 4.78 is 5.09. The fourth-order valence-corrected chi connectivity index (χ4v) is 1.61. The largest absolute Gasteiger partial charge is 0.497 e. The van der Waals surface area contributed by atoms with E-state index in [1.54, 1.807) is 7.11 Å². The number of ether oxygens (including phenoxy) is 1. The molecule has 1 rings (SSSR count). The van der Waals surface area contributed by atoms with Gasteiger partial charge < -0.3 is 4.74 Å². The third-order valence-corrected chi connectivity index (χ3v) is 2.56. The van der Waals surface area contributed by atoms with Gasteiger partial charge in [0.05, 0.1) is 13.0 Å². The van der Waals surface area contributed by atoms with Crippen LogP contribution < -0.4 is 4.74 Å². The first-order valence-corrected chi connectivity index (χ1v) is 5.18. The van der Waals surface area contributed by atoms with Crippen LogP contribution in [0.5, 0.6) is 5.75 Å². The molecular weight excluding hydrogens is 204 g/mol. The summed E-state index contributed by atoms with van der Waals surface area (Å²) >= 11 is 0. The molecule has 86 valence electrons. The van der Waals surface area contributed by atoms with Gasteiger partial charge in [0.1, 0.15) is 17.3 Å². The van der Waals surface area contributed by atoms with Gasteiger partial charge in [0, 0.05) is 0 Å². The van der Waals surface area contributed by atoms with E-state index in [0.29, 0.717) is 6.42 Å². The van der Waals surface area contributed by atoms with Gasteiger partial charge in [-0.05, 0) is 38.0 Å². The summed E-state index contributed by atoms with van der Waals surface area (Å²) in [7, 11) is 1.59. The van der Waals surface area contributed by atoms with Crippen LogP contribution in [0.15, 0.2) is 24.3 Å². The quantitative estimate of drug-likeness (QED) is 0.713. The fraction of sp³-hybridized carbons (Fsp3) is 0.385. The molecule has 0 radical (unpaired) electrons. The van der Waals surface area contributed by atoms with Crippen molar-refractivity contribution in [1.29, 1.82) is 0 Å². The first-order chi connectivity index (χ1) is 7.54. The molecule has 1 aromatic carbocycles. The number of methoxy groups -OCH3 is 1. The Morgan fingerprint density at radius 3 is 2.38 bits per heavy atom. The maximum absolute atomic E-state index is 11.3. The summed E-state index contributed by atoms with van der Waals surface area (Å²) in [6, 6.07) is 7.42. The third kappa shape index (κ3) is 3.19. The molecule has 0 N–H and O–H groups in total. The minimum atomic E-state index is -0.535. The standard InChI is InChI=1S/C13H16O3/c1-9(14)13(10(2)15)8-11-5-4-6-12(7-11)16-3/h4-7,13H,8H2,1-3H3. The van der Waals surface area contributed by atoms with Gasteiger partial charge in [-0.3, -0.25) is 9.59 Å². The van der Waals surface area contributed by atoms with Gasteiger partial charge in [-0.25, -0.2) is 0 Å². The zero-order valence-corrected chi connectivity index (χ0v) is 9.82. The second kappa shape index (κ2) is 5.45. The first kappa shape index (κ1) is 12.4. The van der Waals surface area contributed by atoms with Crippen LogP contribution in [-0.4, -0.2) is 18.7 Å². The van der Waals surface area contributed by atoms with E-state index in [-0.39, 0.29) is 11.6 Å². The van der Waals surface area contributed by atoms with Crippen molar-refractivity contribution < 1.29 is 14.3 Å². The number of benzene rings is 1. The topological polar surface area (TPSA) is 43.4 Å². The highest BCUT2D eigenvalue weighted by Gasteiger charge is 2.19. The number of rotatable bonds is 5. The van der Waals surface area contributed by atoms with Crippen LogP contribution in [0, 0.1) is 5.92 Å². The lowest BCUT2D eigenvalue weighted by molar-refractivity contribution is -0.130.